The highest BCUT2D eigenvalue weighted by Crippen LogP contribution is 2.29. The molecule has 2 aromatic carbocycles. The molecule has 3 rings (SSSR count). The maximum absolute atomic E-state index is 14.5. The van der Waals surface area contributed by atoms with Crippen molar-refractivity contribution >= 4 is 10.0 Å². The van der Waals surface area contributed by atoms with E-state index in [2.05, 4.69) is 4.72 Å². The Labute approximate surface area is 154 Å². The molecular weight excluding hydrogens is 353 g/mol. The highest BCUT2D eigenvalue weighted by Gasteiger charge is 2.33. The van der Waals surface area contributed by atoms with Gasteiger partial charge >= 0.3 is 0 Å². The van der Waals surface area contributed by atoms with Crippen LogP contribution in [0.5, 0.6) is 5.75 Å². The van der Waals surface area contributed by atoms with Gasteiger partial charge in [0.1, 0.15) is 17.7 Å². The average Bonchev–Trinajstić information content (AvgIpc) is 3.02. The second-order valence-corrected chi connectivity index (χ2v) is 9.18. The van der Waals surface area contributed by atoms with Gasteiger partial charge in [0, 0.05) is 11.6 Å². The van der Waals surface area contributed by atoms with Gasteiger partial charge in [-0.1, -0.05) is 30.3 Å². The van der Waals surface area contributed by atoms with Crippen molar-refractivity contribution in [3.8, 4) is 16.9 Å². The van der Waals surface area contributed by atoms with E-state index in [0.29, 0.717) is 11.3 Å². The third-order valence-corrected chi connectivity index (χ3v) is 6.57. The molecular formula is C20H24FNO3S. The molecule has 0 radical (unpaired) electrons. The number of halogens is 1. The third kappa shape index (κ3) is 4.24. The quantitative estimate of drug-likeness (QED) is 0.824. The van der Waals surface area contributed by atoms with Crippen molar-refractivity contribution in [2.24, 2.45) is 0 Å². The van der Waals surface area contributed by atoms with E-state index in [4.69, 9.17) is 4.74 Å². The summed E-state index contributed by atoms with van der Waals surface area (Å²) in [5, 5.41) is -0.494. The molecule has 6 heteroatoms. The Morgan fingerprint density at radius 1 is 1.12 bits per heavy atom. The van der Waals surface area contributed by atoms with Crippen molar-refractivity contribution in [3.05, 3.63) is 54.3 Å². The van der Waals surface area contributed by atoms with Crippen LogP contribution in [0.25, 0.3) is 11.1 Å². The minimum atomic E-state index is -3.36. The van der Waals surface area contributed by atoms with Gasteiger partial charge in [-0.25, -0.2) is 17.5 Å². The zero-order chi connectivity index (χ0) is 18.7. The first-order valence-electron chi connectivity index (χ1n) is 8.89. The van der Waals surface area contributed by atoms with Crippen LogP contribution >= 0.6 is 0 Å². The van der Waals surface area contributed by atoms with E-state index < -0.39 is 15.3 Å². The maximum Gasteiger partial charge on any atom is 0.214 e. The van der Waals surface area contributed by atoms with Gasteiger partial charge in [-0.3, -0.25) is 0 Å². The minimum absolute atomic E-state index is 0.278. The van der Waals surface area contributed by atoms with Crippen LogP contribution in [0.15, 0.2) is 48.5 Å². The number of ether oxygens (including phenoxy) is 1. The van der Waals surface area contributed by atoms with Crippen LogP contribution < -0.4 is 9.46 Å². The molecule has 2 unspecified atom stereocenters. The Morgan fingerprint density at radius 3 is 2.50 bits per heavy atom. The molecule has 2 atom stereocenters. The van der Waals surface area contributed by atoms with Gasteiger partial charge < -0.3 is 4.74 Å². The van der Waals surface area contributed by atoms with E-state index >= 15 is 0 Å². The van der Waals surface area contributed by atoms with Gasteiger partial charge in [0.2, 0.25) is 10.0 Å². The zero-order valence-corrected chi connectivity index (χ0v) is 15.8. The topological polar surface area (TPSA) is 55.4 Å². The predicted molar refractivity (Wildman–Crippen MR) is 101 cm³/mol. The van der Waals surface area contributed by atoms with Crippen LogP contribution in [0.2, 0.25) is 0 Å². The number of nitrogens with one attached hydrogen (secondary N) is 1. The Bertz CT molecular complexity index is 853. The number of sulfonamides is 1. The van der Waals surface area contributed by atoms with Crippen molar-refractivity contribution < 1.29 is 17.5 Å². The number of hydrogen-bond donors (Lipinski definition) is 1. The summed E-state index contributed by atoms with van der Waals surface area (Å²) in [6.07, 6.45) is 2.06. The Kier molecular flexibility index (Phi) is 5.63. The molecule has 0 amide bonds. The van der Waals surface area contributed by atoms with Gasteiger partial charge in [-0.15, -0.1) is 0 Å². The average molecular weight is 377 g/mol. The highest BCUT2D eigenvalue weighted by molar-refractivity contribution is 7.90. The second-order valence-electron chi connectivity index (χ2n) is 6.91. The molecule has 4 nitrogen and oxygen atoms in total. The lowest BCUT2D eigenvalue weighted by atomic mass is 10.1. The van der Waals surface area contributed by atoms with Crippen LogP contribution in [0.1, 0.15) is 33.1 Å². The summed E-state index contributed by atoms with van der Waals surface area (Å²) in [6, 6.07) is 13.8. The smallest absolute Gasteiger partial charge is 0.214 e. The van der Waals surface area contributed by atoms with E-state index in [-0.39, 0.29) is 18.0 Å². The highest BCUT2D eigenvalue weighted by atomic mass is 32.2. The van der Waals surface area contributed by atoms with Gasteiger partial charge in [0.05, 0.1) is 11.3 Å². The summed E-state index contributed by atoms with van der Waals surface area (Å²) < 4.78 is 47.4. The fraction of sp³-hybridized carbons (Fsp3) is 0.400. The molecule has 0 spiro atoms. The Balaban J connectivity index is 1.73. The zero-order valence-electron chi connectivity index (χ0n) is 15.0. The van der Waals surface area contributed by atoms with E-state index in [1.54, 1.807) is 26.0 Å². The second kappa shape index (κ2) is 7.76. The van der Waals surface area contributed by atoms with Crippen LogP contribution in [-0.2, 0) is 10.0 Å². The van der Waals surface area contributed by atoms with E-state index in [9.17, 15) is 12.8 Å². The van der Waals surface area contributed by atoms with Gasteiger partial charge in [-0.2, -0.15) is 0 Å². The van der Waals surface area contributed by atoms with Crippen LogP contribution in [0.3, 0.4) is 0 Å². The maximum atomic E-state index is 14.5. The van der Waals surface area contributed by atoms with Crippen molar-refractivity contribution in [2.75, 3.05) is 0 Å². The van der Waals surface area contributed by atoms with E-state index in [1.165, 1.54) is 6.07 Å². The molecule has 1 saturated carbocycles. The first kappa shape index (κ1) is 18.9. The van der Waals surface area contributed by atoms with Gasteiger partial charge in [-0.05, 0) is 50.8 Å². The Morgan fingerprint density at radius 2 is 1.85 bits per heavy atom. The summed E-state index contributed by atoms with van der Waals surface area (Å²) >= 11 is 0. The molecule has 2 aromatic rings. The number of hydrogen-bond acceptors (Lipinski definition) is 3. The van der Waals surface area contributed by atoms with Crippen molar-refractivity contribution in [3.63, 3.8) is 0 Å². The lowest BCUT2D eigenvalue weighted by Gasteiger charge is -2.23. The monoisotopic (exact) mass is 377 g/mol. The fourth-order valence-corrected chi connectivity index (χ4v) is 4.11. The van der Waals surface area contributed by atoms with Crippen LogP contribution in [-0.4, -0.2) is 25.8 Å². The standard InChI is InChI=1S/C20H24FNO3S/c1-14(2)26(23,24)22-19-9-6-10-20(19)25-16-11-12-17(18(21)13-16)15-7-4-3-5-8-15/h3-5,7-8,11-14,19-20,22H,6,9-10H2,1-2H3. The van der Waals surface area contributed by atoms with Crippen LogP contribution in [0, 0.1) is 5.82 Å². The summed E-state index contributed by atoms with van der Waals surface area (Å²) in [5.74, 6) is 0.0637. The molecule has 1 aliphatic rings. The molecule has 1 aliphatic carbocycles. The summed E-state index contributed by atoms with van der Waals surface area (Å²) in [6.45, 7) is 3.29. The first-order chi connectivity index (χ1) is 12.4. The molecule has 0 saturated heterocycles. The molecule has 26 heavy (non-hydrogen) atoms. The molecule has 1 fully saturated rings. The number of rotatable bonds is 6. The molecule has 0 bridgehead atoms. The van der Waals surface area contributed by atoms with Crippen LogP contribution in [0.4, 0.5) is 4.39 Å². The largest absolute Gasteiger partial charge is 0.489 e. The number of benzene rings is 2. The normalized spacial score (nSPS) is 20.5. The summed E-state index contributed by atoms with van der Waals surface area (Å²) in [5.41, 5.74) is 1.32. The van der Waals surface area contributed by atoms with E-state index in [0.717, 1.165) is 24.8 Å². The Hall–Kier alpha value is -1.92. The van der Waals surface area contributed by atoms with Crippen molar-refractivity contribution in [2.45, 2.75) is 50.5 Å². The molecule has 0 aromatic heterocycles. The van der Waals surface area contributed by atoms with Gasteiger partial charge in [0.15, 0.2) is 0 Å². The minimum Gasteiger partial charge on any atom is -0.489 e. The summed E-state index contributed by atoms with van der Waals surface area (Å²) in [7, 11) is -3.36. The SMILES string of the molecule is CC(C)S(=O)(=O)NC1CCCC1Oc1ccc(-c2ccccc2)c(F)c1. The third-order valence-electron chi connectivity index (χ3n) is 4.70. The fourth-order valence-electron chi connectivity index (χ4n) is 3.14. The molecule has 0 aliphatic heterocycles. The lowest BCUT2D eigenvalue weighted by Crippen LogP contribution is -2.44. The summed E-state index contributed by atoms with van der Waals surface area (Å²) in [4.78, 5) is 0. The lowest BCUT2D eigenvalue weighted by molar-refractivity contribution is 0.184. The molecule has 1 N–H and O–H groups in total. The van der Waals surface area contributed by atoms with Crippen molar-refractivity contribution in [1.29, 1.82) is 0 Å². The predicted octanol–water partition coefficient (Wildman–Crippen LogP) is 4.12. The molecule has 0 heterocycles. The first-order valence-corrected chi connectivity index (χ1v) is 10.4. The molecule has 140 valence electrons. The van der Waals surface area contributed by atoms with Crippen molar-refractivity contribution in [1.82, 2.24) is 4.72 Å². The van der Waals surface area contributed by atoms with Gasteiger partial charge in [0.25, 0.3) is 0 Å². The van der Waals surface area contributed by atoms with E-state index in [1.807, 2.05) is 30.3 Å².